The van der Waals surface area contributed by atoms with E-state index in [9.17, 15) is 9.18 Å². The van der Waals surface area contributed by atoms with E-state index in [1.807, 2.05) is 14.1 Å². The first-order valence-corrected chi connectivity index (χ1v) is 11.4. The highest BCUT2D eigenvalue weighted by atomic mass is 35.5. The summed E-state index contributed by atoms with van der Waals surface area (Å²) in [6.45, 7) is 0. The van der Waals surface area contributed by atoms with Crippen molar-refractivity contribution in [3.63, 3.8) is 0 Å². The lowest BCUT2D eigenvalue weighted by Gasteiger charge is -2.30. The molecular weight excluding hydrogens is 417 g/mol. The first-order chi connectivity index (χ1) is 14.9. The van der Waals surface area contributed by atoms with Crippen molar-refractivity contribution in [2.24, 2.45) is 0 Å². The van der Waals surface area contributed by atoms with Crippen LogP contribution in [0.2, 0.25) is 5.02 Å². The van der Waals surface area contributed by atoms with Crippen LogP contribution < -0.4 is 15.5 Å². The Labute approximate surface area is 187 Å². The predicted molar refractivity (Wildman–Crippen MR) is 122 cm³/mol. The van der Waals surface area contributed by atoms with Crippen molar-refractivity contribution in [1.82, 2.24) is 15.3 Å². The number of aromatic nitrogens is 2. The van der Waals surface area contributed by atoms with Crippen molar-refractivity contribution < 1.29 is 9.18 Å². The van der Waals surface area contributed by atoms with Crippen LogP contribution >= 0.6 is 11.6 Å². The van der Waals surface area contributed by atoms with Crippen molar-refractivity contribution >= 4 is 29.3 Å². The molecule has 6 nitrogen and oxygen atoms in total. The molecule has 2 aromatic rings. The molecule has 31 heavy (non-hydrogen) atoms. The van der Waals surface area contributed by atoms with Gasteiger partial charge in [-0.2, -0.15) is 4.98 Å². The molecule has 1 aromatic heterocycles. The number of hydrogen-bond donors (Lipinski definition) is 2. The van der Waals surface area contributed by atoms with E-state index in [1.165, 1.54) is 36.2 Å². The minimum Gasteiger partial charge on any atom is -0.362 e. The molecule has 1 saturated carbocycles. The maximum Gasteiger partial charge on any atom is 0.253 e. The van der Waals surface area contributed by atoms with E-state index in [0.29, 0.717) is 11.5 Å². The van der Waals surface area contributed by atoms with Crippen LogP contribution in [-0.4, -0.2) is 42.1 Å². The summed E-state index contributed by atoms with van der Waals surface area (Å²) in [6.07, 6.45) is 7.98. The lowest BCUT2D eigenvalue weighted by molar-refractivity contribution is 0.0926. The number of nitrogens with one attached hydrogen (secondary N) is 2. The van der Waals surface area contributed by atoms with E-state index >= 15 is 0 Å². The van der Waals surface area contributed by atoms with Gasteiger partial charge in [0.2, 0.25) is 5.95 Å². The highest BCUT2D eigenvalue weighted by Crippen LogP contribution is 2.29. The molecule has 1 fully saturated rings. The van der Waals surface area contributed by atoms with Gasteiger partial charge in [-0.15, -0.1) is 0 Å². The Hall–Kier alpha value is -2.41. The zero-order valence-corrected chi connectivity index (χ0v) is 18.8. The summed E-state index contributed by atoms with van der Waals surface area (Å²) >= 11 is 6.01. The predicted octanol–water partition coefficient (Wildman–Crippen LogP) is 4.37. The third-order valence-corrected chi connectivity index (χ3v) is 6.47. The van der Waals surface area contributed by atoms with Gasteiger partial charge < -0.3 is 15.5 Å². The zero-order chi connectivity index (χ0) is 22.0. The van der Waals surface area contributed by atoms with Crippen molar-refractivity contribution in [3.8, 4) is 0 Å². The van der Waals surface area contributed by atoms with Crippen molar-refractivity contribution in [2.75, 3.05) is 24.3 Å². The number of fused-ring (bicyclic) bond motifs is 1. The van der Waals surface area contributed by atoms with E-state index in [1.54, 1.807) is 0 Å². The molecule has 1 aromatic carbocycles. The molecule has 0 atom stereocenters. The highest BCUT2D eigenvalue weighted by molar-refractivity contribution is 6.33. The number of rotatable bonds is 5. The average Bonchev–Trinajstić information content (AvgIpc) is 2.74. The van der Waals surface area contributed by atoms with Gasteiger partial charge in [-0.3, -0.25) is 4.79 Å². The van der Waals surface area contributed by atoms with Gasteiger partial charge in [0.15, 0.2) is 0 Å². The van der Waals surface area contributed by atoms with Crippen molar-refractivity contribution in [2.45, 2.75) is 63.5 Å². The van der Waals surface area contributed by atoms with Crippen LogP contribution in [0.5, 0.6) is 0 Å². The Morgan fingerprint density at radius 1 is 1.10 bits per heavy atom. The molecule has 0 unspecified atom stereocenters. The van der Waals surface area contributed by atoms with E-state index in [2.05, 4.69) is 15.5 Å². The topological polar surface area (TPSA) is 70.2 Å². The van der Waals surface area contributed by atoms with Crippen LogP contribution in [0.15, 0.2) is 18.2 Å². The van der Waals surface area contributed by atoms with Crippen LogP contribution in [0, 0.1) is 5.82 Å². The molecule has 166 valence electrons. The first kappa shape index (κ1) is 21.8. The molecule has 4 rings (SSSR count). The Morgan fingerprint density at radius 3 is 2.52 bits per heavy atom. The summed E-state index contributed by atoms with van der Waals surface area (Å²) < 4.78 is 13.2. The summed E-state index contributed by atoms with van der Waals surface area (Å²) in [5, 5.41) is 6.69. The van der Waals surface area contributed by atoms with Crippen LogP contribution in [0.4, 0.5) is 16.2 Å². The zero-order valence-electron chi connectivity index (χ0n) is 18.0. The summed E-state index contributed by atoms with van der Waals surface area (Å²) in [4.78, 5) is 24.2. The second kappa shape index (κ2) is 9.39. The summed E-state index contributed by atoms with van der Waals surface area (Å²) in [5.41, 5.74) is 2.76. The molecule has 0 aliphatic heterocycles. The van der Waals surface area contributed by atoms with Gasteiger partial charge in [0.25, 0.3) is 5.91 Å². The average molecular weight is 446 g/mol. The number of amides is 1. The van der Waals surface area contributed by atoms with Gasteiger partial charge in [0.05, 0.1) is 16.3 Å². The quantitative estimate of drug-likeness (QED) is 0.715. The van der Waals surface area contributed by atoms with Gasteiger partial charge in [-0.25, -0.2) is 9.37 Å². The maximum absolute atomic E-state index is 13.2. The summed E-state index contributed by atoms with van der Waals surface area (Å²) in [5.74, 6) is 1.02. The maximum atomic E-state index is 13.2. The van der Waals surface area contributed by atoms with E-state index in [-0.39, 0.29) is 23.0 Å². The molecule has 8 heteroatoms. The molecule has 2 aliphatic carbocycles. The first-order valence-electron chi connectivity index (χ1n) is 11.0. The largest absolute Gasteiger partial charge is 0.362 e. The number of halogens is 2. The minimum atomic E-state index is -0.449. The van der Waals surface area contributed by atoms with Crippen molar-refractivity contribution in [3.05, 3.63) is 45.9 Å². The van der Waals surface area contributed by atoms with Crippen molar-refractivity contribution in [1.29, 1.82) is 0 Å². The molecule has 2 aliphatic rings. The normalized spacial score (nSPS) is 20.6. The van der Waals surface area contributed by atoms with Gasteiger partial charge in [-0.05, 0) is 69.6 Å². The van der Waals surface area contributed by atoms with Crippen LogP contribution in [-0.2, 0) is 12.8 Å². The second-order valence-corrected chi connectivity index (χ2v) is 9.10. The molecule has 1 heterocycles. The second-order valence-electron chi connectivity index (χ2n) is 8.69. The lowest BCUT2D eigenvalue weighted by Crippen LogP contribution is -2.40. The molecular formula is C23H29ClFN5O. The molecule has 0 saturated heterocycles. The number of nitrogens with zero attached hydrogens (tertiary/aromatic N) is 3. The number of carbonyl (C=O) groups is 1. The van der Waals surface area contributed by atoms with Gasteiger partial charge in [0, 0.05) is 31.7 Å². The molecule has 0 spiro atoms. The molecule has 2 N–H and O–H groups in total. The third-order valence-electron chi connectivity index (χ3n) is 6.16. The molecule has 1 amide bonds. The van der Waals surface area contributed by atoms with Gasteiger partial charge in [-0.1, -0.05) is 11.6 Å². The van der Waals surface area contributed by atoms with E-state index < -0.39 is 5.82 Å². The van der Waals surface area contributed by atoms with Gasteiger partial charge in [0.1, 0.15) is 11.6 Å². The fourth-order valence-corrected chi connectivity index (χ4v) is 4.76. The minimum absolute atomic E-state index is 0.0773. The number of aryl methyl sites for hydroxylation is 1. The third kappa shape index (κ3) is 5.09. The van der Waals surface area contributed by atoms with E-state index in [0.717, 1.165) is 50.4 Å². The fourth-order valence-electron chi connectivity index (χ4n) is 4.51. The molecule has 0 radical (unpaired) electrons. The highest BCUT2D eigenvalue weighted by Gasteiger charge is 2.25. The van der Waals surface area contributed by atoms with Gasteiger partial charge >= 0.3 is 0 Å². The lowest BCUT2D eigenvalue weighted by atomic mass is 9.91. The Morgan fingerprint density at radius 2 is 1.81 bits per heavy atom. The molecule has 0 bridgehead atoms. The Bertz CT molecular complexity index is 959. The standard InChI is InChI=1S/C23H29ClFN5O/c1-30(2)21-18-5-3-4-6-20(18)28-23(29-21)27-16-10-8-15(9-11-16)26-22(31)17-12-7-14(25)13-19(17)24/h7,12-13,15-16H,3-6,8-11H2,1-2H3,(H,26,31)(H,27,28,29)/t15-,16+. The SMILES string of the molecule is CN(C)c1nc(N[C@H]2CC[C@@H](NC(=O)c3ccc(F)cc3Cl)CC2)nc2c1CCCC2. The van der Waals surface area contributed by atoms with Crippen LogP contribution in [0.25, 0.3) is 0 Å². The Balaban J connectivity index is 1.35. The number of carbonyl (C=O) groups excluding carboxylic acids is 1. The van der Waals surface area contributed by atoms with Crippen LogP contribution in [0.1, 0.15) is 60.1 Å². The smallest absolute Gasteiger partial charge is 0.253 e. The summed E-state index contributed by atoms with van der Waals surface area (Å²) in [7, 11) is 4.06. The summed E-state index contributed by atoms with van der Waals surface area (Å²) in [6, 6.07) is 4.20. The monoisotopic (exact) mass is 445 g/mol. The number of benzene rings is 1. The van der Waals surface area contributed by atoms with Crippen LogP contribution in [0.3, 0.4) is 0 Å². The van der Waals surface area contributed by atoms with E-state index in [4.69, 9.17) is 21.6 Å². The number of anilines is 2. The number of hydrogen-bond acceptors (Lipinski definition) is 5. The fraction of sp³-hybridized carbons (Fsp3) is 0.522. The Kier molecular flexibility index (Phi) is 6.60.